The molecule has 23 nitrogen and oxygen atoms in total. The smallest absolute Gasteiger partial charge is 0.386 e. The highest BCUT2D eigenvalue weighted by molar-refractivity contribution is 8.44. The average Bonchev–Trinajstić information content (AvgIpc) is 4.02. The number of pyridine rings is 1. The minimum atomic E-state index is -4.39. The number of hydrogen-bond acceptors (Lipinski definition) is 19. The maximum absolute atomic E-state index is 14.5. The summed E-state index contributed by atoms with van der Waals surface area (Å²) in [6, 6.07) is 4.98. The predicted molar refractivity (Wildman–Crippen MR) is 264 cm³/mol. The average molecular weight is 1050 g/mol. The van der Waals surface area contributed by atoms with E-state index in [1.54, 1.807) is 32.3 Å². The van der Waals surface area contributed by atoms with Gasteiger partial charge in [-0.15, -0.1) is 0 Å². The van der Waals surface area contributed by atoms with Crippen molar-refractivity contribution in [1.29, 1.82) is 5.26 Å². The highest BCUT2D eigenvalue weighted by atomic mass is 32.7. The molecule has 2 saturated heterocycles. The molecule has 7 rings (SSSR count). The van der Waals surface area contributed by atoms with Crippen LogP contribution in [0, 0.1) is 23.2 Å². The van der Waals surface area contributed by atoms with Crippen LogP contribution in [0.1, 0.15) is 80.2 Å². The molecule has 4 aromatic heterocycles. The Balaban J connectivity index is 1.16. The summed E-state index contributed by atoms with van der Waals surface area (Å²) < 4.78 is 61.6. The number of anilines is 2. The zero-order valence-electron chi connectivity index (χ0n) is 40.2. The number of nitrogens with zero attached hydrogens (tertiary/aromatic N) is 7. The summed E-state index contributed by atoms with van der Waals surface area (Å²) in [4.78, 5) is 72.3. The van der Waals surface area contributed by atoms with E-state index >= 15 is 0 Å². The van der Waals surface area contributed by atoms with Crippen molar-refractivity contribution in [2.45, 2.75) is 141 Å². The van der Waals surface area contributed by atoms with Crippen LogP contribution in [-0.4, -0.2) is 127 Å². The number of aromatic amines is 1. The van der Waals surface area contributed by atoms with Gasteiger partial charge in [-0.3, -0.25) is 47.7 Å². The third-order valence-corrected chi connectivity index (χ3v) is 19.2. The highest BCUT2D eigenvalue weighted by Gasteiger charge is 2.55. The number of aliphatic hydroxyl groups excluding tert-OH is 1. The molecule has 3 aliphatic rings. The van der Waals surface area contributed by atoms with Gasteiger partial charge in [0.05, 0.1) is 55.0 Å². The number of fused-ring (bicyclic) bond motifs is 2. The Morgan fingerprint density at radius 3 is 2.40 bits per heavy atom. The van der Waals surface area contributed by atoms with Crippen LogP contribution < -0.4 is 21.8 Å². The molecule has 4 aromatic rings. The van der Waals surface area contributed by atoms with Gasteiger partial charge in [0.1, 0.15) is 55.0 Å². The monoisotopic (exact) mass is 1050 g/mol. The van der Waals surface area contributed by atoms with E-state index in [4.69, 9.17) is 49.9 Å². The fraction of sp³-hybridized carbons (Fsp3) is 0.628. The van der Waals surface area contributed by atoms with Crippen molar-refractivity contribution >= 4 is 90.2 Å². The molecule has 2 aliphatic heterocycles. The molecule has 0 spiro atoms. The summed E-state index contributed by atoms with van der Waals surface area (Å²) in [5.41, 5.74) is -0.831. The molecule has 1 aliphatic carbocycles. The van der Waals surface area contributed by atoms with Crippen molar-refractivity contribution in [2.24, 2.45) is 11.8 Å². The van der Waals surface area contributed by atoms with Crippen molar-refractivity contribution in [2.75, 3.05) is 30.5 Å². The van der Waals surface area contributed by atoms with Crippen LogP contribution in [0.2, 0.25) is 18.1 Å². The fourth-order valence-electron chi connectivity index (χ4n) is 7.55. The maximum Gasteiger partial charge on any atom is 0.386 e. The molecule has 2 amide bonds. The number of ether oxygens (including phenoxy) is 4. The van der Waals surface area contributed by atoms with Crippen molar-refractivity contribution < 1.29 is 51.7 Å². The van der Waals surface area contributed by atoms with Crippen LogP contribution >= 0.6 is 31.3 Å². The third kappa shape index (κ3) is 11.6. The van der Waals surface area contributed by atoms with Crippen molar-refractivity contribution in [3.8, 4) is 6.07 Å². The predicted octanol–water partition coefficient (Wildman–Crippen LogP) is 4.95. The van der Waals surface area contributed by atoms with Crippen LogP contribution in [0.5, 0.6) is 0 Å². The minimum absolute atomic E-state index is 0.0233. The Bertz CT molecular complexity index is 2830. The van der Waals surface area contributed by atoms with E-state index in [2.05, 4.69) is 47.8 Å². The molecule has 1 saturated carbocycles. The van der Waals surface area contributed by atoms with E-state index in [-0.39, 0.29) is 88.7 Å². The first-order valence-corrected chi connectivity index (χ1v) is 28.8. The number of carbonyl (C=O) groups excluding carboxylic acids is 2. The lowest BCUT2D eigenvalue weighted by Crippen LogP contribution is -2.62. The zero-order valence-corrected chi connectivity index (χ0v) is 43.8. The SMILES string of the molecule is CC(C)C(=O)Nc1ccc2c(=O)n([C@@H]3OC(COC4C(=S)C(O)C4OCCC#N)[C@H](OP(=O)(S)OC[C@@H]4CC[C@H](n5cnc6c(=O)[nH]c(NC(=O)C(C)C)nc65)O4)C3O[Si](C)(C)C(C)(C)C)cnc2n1. The van der Waals surface area contributed by atoms with Gasteiger partial charge in [-0.2, -0.15) is 10.2 Å². The first-order chi connectivity index (χ1) is 32.9. The Labute approximate surface area is 414 Å². The number of nitrogens with one attached hydrogen (secondary N) is 3. The summed E-state index contributed by atoms with van der Waals surface area (Å²) in [7, 11) is -2.82. The lowest BCUT2D eigenvalue weighted by molar-refractivity contribution is -0.136. The first-order valence-electron chi connectivity index (χ1n) is 22.8. The van der Waals surface area contributed by atoms with E-state index in [0.717, 1.165) is 0 Å². The van der Waals surface area contributed by atoms with Gasteiger partial charge in [0.25, 0.3) is 11.1 Å². The van der Waals surface area contributed by atoms with Gasteiger partial charge in [-0.1, -0.05) is 72.9 Å². The second-order valence-corrected chi connectivity index (χ2v) is 27.5. The third-order valence-electron chi connectivity index (χ3n) is 12.6. The largest absolute Gasteiger partial charge is 0.407 e. The lowest BCUT2D eigenvalue weighted by atomic mass is 9.87. The molecule has 6 unspecified atom stereocenters. The molecule has 10 atom stereocenters. The number of hydrogen-bond donors (Lipinski definition) is 5. The number of H-pyrrole nitrogens is 1. The molecular formula is C43H59N10O13PS2Si. The minimum Gasteiger partial charge on any atom is -0.407 e. The number of imidazole rings is 1. The van der Waals surface area contributed by atoms with E-state index in [1.807, 2.05) is 39.9 Å². The molecule has 0 aromatic carbocycles. The Kier molecular flexibility index (Phi) is 16.3. The van der Waals surface area contributed by atoms with Gasteiger partial charge in [0, 0.05) is 11.8 Å². The molecule has 380 valence electrons. The van der Waals surface area contributed by atoms with Gasteiger partial charge in [-0.05, 0) is 43.1 Å². The van der Waals surface area contributed by atoms with Gasteiger partial charge in [-0.25, -0.2) is 19.5 Å². The van der Waals surface area contributed by atoms with Crippen molar-refractivity contribution in [1.82, 2.24) is 34.1 Å². The first kappa shape index (κ1) is 53.4. The molecular weight excluding hydrogens is 988 g/mol. The van der Waals surface area contributed by atoms with Gasteiger partial charge < -0.3 is 33.8 Å². The number of aromatic nitrogens is 7. The molecule has 70 heavy (non-hydrogen) atoms. The number of aliphatic hydroxyl groups is 1. The van der Waals surface area contributed by atoms with Crippen LogP contribution in [0.4, 0.5) is 11.8 Å². The Morgan fingerprint density at radius 1 is 1.01 bits per heavy atom. The number of thiol groups is 1. The van der Waals surface area contributed by atoms with Crippen LogP contribution in [0.15, 0.2) is 34.4 Å². The summed E-state index contributed by atoms with van der Waals surface area (Å²) >= 11 is 9.87. The molecule has 6 heterocycles. The normalized spacial score (nSPS) is 25.9. The fourth-order valence-corrected chi connectivity index (χ4v) is 10.7. The second kappa shape index (κ2) is 21.4. The van der Waals surface area contributed by atoms with E-state index in [1.165, 1.54) is 29.4 Å². The summed E-state index contributed by atoms with van der Waals surface area (Å²) in [5.74, 6) is -1.13. The topological polar surface area (TPSA) is 295 Å². The van der Waals surface area contributed by atoms with Gasteiger partial charge in [0.15, 0.2) is 31.4 Å². The second-order valence-electron chi connectivity index (χ2n) is 19.4. The maximum atomic E-state index is 14.5. The Morgan fingerprint density at radius 2 is 1.71 bits per heavy atom. The Hall–Kier alpha value is -4.36. The summed E-state index contributed by atoms with van der Waals surface area (Å²) in [5, 5.41) is 24.7. The number of carbonyl (C=O) groups is 2. The number of thiocarbonyl (C=S) groups is 1. The number of nitriles is 1. The summed E-state index contributed by atoms with van der Waals surface area (Å²) in [6.07, 6.45) is -5.50. The van der Waals surface area contributed by atoms with Gasteiger partial charge in [0.2, 0.25) is 17.8 Å². The van der Waals surface area contributed by atoms with Crippen molar-refractivity contribution in [3.05, 3.63) is 45.5 Å². The molecule has 3 fully saturated rings. The summed E-state index contributed by atoms with van der Waals surface area (Å²) in [6.45, 7) is 12.0. The van der Waals surface area contributed by atoms with E-state index in [0.29, 0.717) is 12.8 Å². The number of amides is 2. The van der Waals surface area contributed by atoms with Crippen LogP contribution in [0.3, 0.4) is 0 Å². The highest BCUT2D eigenvalue weighted by Crippen LogP contribution is 2.57. The lowest BCUT2D eigenvalue weighted by Gasteiger charge is -2.42. The molecule has 27 heteroatoms. The molecule has 0 bridgehead atoms. The van der Waals surface area contributed by atoms with Crippen molar-refractivity contribution in [3.63, 3.8) is 0 Å². The quantitative estimate of drug-likeness (QED) is 0.0273. The zero-order chi connectivity index (χ0) is 51.0. The van der Waals surface area contributed by atoms with E-state index < -0.39 is 86.5 Å². The number of rotatable bonds is 19. The molecule has 0 radical (unpaired) electrons. The van der Waals surface area contributed by atoms with Crippen LogP contribution in [-0.2, 0) is 46.6 Å². The molecule has 4 N–H and O–H groups in total. The van der Waals surface area contributed by atoms with Crippen LogP contribution in [0.25, 0.3) is 22.2 Å². The standard InChI is InChI=1S/C43H59N10O13PS2Si/c1-21(2)37(55)48-26-13-12-24-35(47-26)46-20-53(40(24)58)41-33(66-70(8,9)43(5,6)7)30(25(64-41)18-61-32-31(29(54)34(32)68)60-16-10-15-44)65-67(59,69)62-17-23-11-14-27(63-23)52-19-45-28-36(52)49-42(51-39(28)57)50-38(56)22(3)4/h12-13,19-23,25,27,29-33,41,54H,10-11,14,16-18H2,1-9H3,(H,59,69)(H,47,48,55)(H2,49,50,51,56,57)/t23-,25?,27+,29?,30-,31?,32?,33?,41+,67?/m0/s1. The van der Waals surface area contributed by atoms with E-state index in [9.17, 15) is 28.8 Å². The van der Waals surface area contributed by atoms with Gasteiger partial charge >= 0.3 is 6.80 Å².